The lowest BCUT2D eigenvalue weighted by molar-refractivity contribution is 0.339. The molecule has 8 heteroatoms. The van der Waals surface area contributed by atoms with E-state index in [9.17, 15) is 4.79 Å². The molecule has 4 rings (SSSR count). The lowest BCUT2D eigenvalue weighted by atomic mass is 10.0. The second kappa shape index (κ2) is 11.2. The van der Waals surface area contributed by atoms with Crippen molar-refractivity contribution in [1.82, 2.24) is 9.66 Å². The van der Waals surface area contributed by atoms with E-state index in [0.29, 0.717) is 54.6 Å². The lowest BCUT2D eigenvalue weighted by Gasteiger charge is -2.22. The normalized spacial score (nSPS) is 13.3. The number of rotatable bonds is 9. The highest BCUT2D eigenvalue weighted by Gasteiger charge is 2.30. The number of aliphatic imine (C=N–C) groups is 1. The molecule has 37 heavy (non-hydrogen) atoms. The van der Waals surface area contributed by atoms with Gasteiger partial charge in [-0.15, -0.1) is 0 Å². The number of ether oxygens (including phenoxy) is 1. The molecule has 0 bridgehead atoms. The third-order valence-corrected chi connectivity index (χ3v) is 6.45. The summed E-state index contributed by atoms with van der Waals surface area (Å²) in [5.74, 6) is 1.11. The van der Waals surface area contributed by atoms with E-state index in [1.54, 1.807) is 6.92 Å². The summed E-state index contributed by atoms with van der Waals surface area (Å²) < 4.78 is 7.24. The van der Waals surface area contributed by atoms with Crippen molar-refractivity contribution in [1.29, 1.82) is 5.26 Å². The largest absolute Gasteiger partial charge is 0.493 e. The van der Waals surface area contributed by atoms with Gasteiger partial charge in [0.2, 0.25) is 0 Å². The Morgan fingerprint density at radius 2 is 1.92 bits per heavy atom. The minimum absolute atomic E-state index is 0.193. The zero-order valence-electron chi connectivity index (χ0n) is 22.1. The number of aromatic nitrogens is 2. The Kier molecular flexibility index (Phi) is 7.83. The van der Waals surface area contributed by atoms with Crippen molar-refractivity contribution in [3.8, 4) is 11.8 Å². The Morgan fingerprint density at radius 1 is 1.14 bits per heavy atom. The Morgan fingerprint density at radius 3 is 2.59 bits per heavy atom. The van der Waals surface area contributed by atoms with Crippen LogP contribution in [-0.4, -0.2) is 40.8 Å². The van der Waals surface area contributed by atoms with Crippen LogP contribution in [0.4, 0.5) is 11.4 Å². The fourth-order valence-corrected chi connectivity index (χ4v) is 4.45. The maximum Gasteiger partial charge on any atom is 0.277 e. The van der Waals surface area contributed by atoms with Crippen LogP contribution in [0.2, 0.25) is 0 Å². The van der Waals surface area contributed by atoms with Gasteiger partial charge in [-0.1, -0.05) is 19.1 Å². The third kappa shape index (κ3) is 5.03. The van der Waals surface area contributed by atoms with Gasteiger partial charge in [0, 0.05) is 29.9 Å². The van der Waals surface area contributed by atoms with Crippen molar-refractivity contribution in [2.75, 3.05) is 24.6 Å². The van der Waals surface area contributed by atoms with Gasteiger partial charge in [-0.05, 0) is 70.0 Å². The van der Waals surface area contributed by atoms with E-state index >= 15 is 0 Å². The molecule has 2 heterocycles. The molecule has 0 radical (unpaired) electrons. The minimum Gasteiger partial charge on any atom is -0.493 e. The topological polar surface area (TPSA) is 95.9 Å². The molecule has 0 spiro atoms. The summed E-state index contributed by atoms with van der Waals surface area (Å²) in [5.41, 5.74) is 5.75. The molecule has 1 aliphatic heterocycles. The monoisotopic (exact) mass is 496 g/mol. The maximum atomic E-state index is 13.2. The molecule has 0 atom stereocenters. The Balaban J connectivity index is 1.89. The molecule has 3 aromatic rings. The first-order valence-electron chi connectivity index (χ1n) is 12.7. The van der Waals surface area contributed by atoms with Gasteiger partial charge in [0.15, 0.2) is 5.82 Å². The Hall–Kier alpha value is -4.25. The van der Waals surface area contributed by atoms with Crippen LogP contribution < -0.4 is 15.2 Å². The minimum atomic E-state index is -0.193. The van der Waals surface area contributed by atoms with Crippen LogP contribution in [0.5, 0.6) is 5.75 Å². The van der Waals surface area contributed by atoms with Crippen molar-refractivity contribution in [3.63, 3.8) is 0 Å². The molecule has 0 amide bonds. The van der Waals surface area contributed by atoms with Gasteiger partial charge < -0.3 is 9.64 Å². The second-order valence-corrected chi connectivity index (χ2v) is 8.77. The van der Waals surface area contributed by atoms with Crippen LogP contribution in [0, 0.1) is 25.2 Å². The second-order valence-electron chi connectivity index (χ2n) is 8.77. The average Bonchev–Trinajstić information content (AvgIpc) is 3.26. The lowest BCUT2D eigenvalue weighted by Crippen LogP contribution is -2.25. The summed E-state index contributed by atoms with van der Waals surface area (Å²) in [7, 11) is 0. The van der Waals surface area contributed by atoms with Gasteiger partial charge in [0.25, 0.3) is 5.56 Å². The number of benzene rings is 2. The van der Waals surface area contributed by atoms with Crippen LogP contribution in [0.3, 0.4) is 0 Å². The average molecular weight is 497 g/mol. The molecule has 8 nitrogen and oxygen atoms in total. The highest BCUT2D eigenvalue weighted by atomic mass is 16.5. The Labute approximate surface area is 217 Å². The molecule has 0 fully saturated rings. The summed E-state index contributed by atoms with van der Waals surface area (Å²) in [6.45, 7) is 11.8. The van der Waals surface area contributed by atoms with Crippen molar-refractivity contribution in [2.24, 2.45) is 10.1 Å². The SMILES string of the molecule is CCOc1ccccc1C1=Nn2c(nc(CC)c(C)c2=O)C1=Nc1ccc(N(CC)CCC#N)cc1C. The Bertz CT molecular complexity index is 1480. The molecule has 190 valence electrons. The molecular formula is C29H32N6O2. The zero-order chi connectivity index (χ0) is 26.5. The first-order valence-corrected chi connectivity index (χ1v) is 12.7. The van der Waals surface area contributed by atoms with Crippen LogP contribution in [0.15, 0.2) is 57.4 Å². The highest BCUT2D eigenvalue weighted by molar-refractivity contribution is 6.54. The molecule has 0 saturated carbocycles. The smallest absolute Gasteiger partial charge is 0.277 e. The molecule has 0 unspecified atom stereocenters. The van der Waals surface area contributed by atoms with E-state index in [1.807, 2.05) is 57.2 Å². The molecule has 0 saturated heterocycles. The van der Waals surface area contributed by atoms with Gasteiger partial charge in [-0.2, -0.15) is 15.0 Å². The van der Waals surface area contributed by atoms with E-state index < -0.39 is 0 Å². The summed E-state index contributed by atoms with van der Waals surface area (Å²) >= 11 is 0. The zero-order valence-corrected chi connectivity index (χ0v) is 22.1. The van der Waals surface area contributed by atoms with Crippen molar-refractivity contribution < 1.29 is 4.74 Å². The van der Waals surface area contributed by atoms with Crippen molar-refractivity contribution in [2.45, 2.75) is 47.5 Å². The van der Waals surface area contributed by atoms with Gasteiger partial charge in [0.05, 0.1) is 30.5 Å². The number of fused-ring (bicyclic) bond motifs is 1. The predicted octanol–water partition coefficient (Wildman–Crippen LogP) is 4.95. The van der Waals surface area contributed by atoms with E-state index in [4.69, 9.17) is 25.1 Å². The summed E-state index contributed by atoms with van der Waals surface area (Å²) in [6, 6.07) is 15.9. The fourth-order valence-electron chi connectivity index (χ4n) is 4.45. The van der Waals surface area contributed by atoms with Gasteiger partial charge in [-0.25, -0.2) is 9.98 Å². The van der Waals surface area contributed by atoms with Crippen LogP contribution in [0.1, 0.15) is 55.4 Å². The van der Waals surface area contributed by atoms with E-state index in [2.05, 4.69) is 24.0 Å². The number of hydrogen-bond donors (Lipinski definition) is 0. The summed E-state index contributed by atoms with van der Waals surface area (Å²) in [4.78, 5) is 25.3. The number of hydrogen-bond acceptors (Lipinski definition) is 7. The van der Waals surface area contributed by atoms with Gasteiger partial charge in [-0.3, -0.25) is 4.79 Å². The first kappa shape index (κ1) is 25.8. The molecule has 0 aliphatic carbocycles. The van der Waals surface area contributed by atoms with Gasteiger partial charge >= 0.3 is 0 Å². The number of nitrogens with zero attached hydrogens (tertiary/aromatic N) is 6. The van der Waals surface area contributed by atoms with Crippen LogP contribution in [0.25, 0.3) is 0 Å². The quantitative estimate of drug-likeness (QED) is 0.418. The van der Waals surface area contributed by atoms with E-state index in [-0.39, 0.29) is 5.56 Å². The summed E-state index contributed by atoms with van der Waals surface area (Å²) in [5, 5.41) is 13.7. The highest BCUT2D eigenvalue weighted by Crippen LogP contribution is 2.29. The van der Waals surface area contributed by atoms with E-state index in [1.165, 1.54) is 4.68 Å². The van der Waals surface area contributed by atoms with Crippen LogP contribution >= 0.6 is 0 Å². The number of aryl methyl sites for hydroxylation is 2. The first-order chi connectivity index (χ1) is 17.9. The molecule has 1 aromatic heterocycles. The number of anilines is 1. The number of para-hydroxylation sites is 1. The van der Waals surface area contributed by atoms with Crippen molar-refractivity contribution in [3.05, 3.63) is 81.0 Å². The molecular weight excluding hydrogens is 464 g/mol. The predicted molar refractivity (Wildman–Crippen MR) is 148 cm³/mol. The van der Waals surface area contributed by atoms with Gasteiger partial charge in [0.1, 0.15) is 17.2 Å². The molecule has 1 aliphatic rings. The summed E-state index contributed by atoms with van der Waals surface area (Å²) in [6.07, 6.45) is 1.10. The number of nitriles is 1. The molecule has 0 N–H and O–H groups in total. The van der Waals surface area contributed by atoms with Crippen molar-refractivity contribution >= 4 is 22.8 Å². The molecule has 2 aromatic carbocycles. The fraction of sp³-hybridized carbons (Fsp3) is 0.345. The third-order valence-electron chi connectivity index (χ3n) is 6.45. The van der Waals surface area contributed by atoms with E-state index in [0.717, 1.165) is 34.7 Å². The van der Waals surface area contributed by atoms with Crippen LogP contribution in [-0.2, 0) is 6.42 Å². The maximum absolute atomic E-state index is 13.2. The standard InChI is InChI=1S/C29H32N6O2/c1-6-23-20(5)29(36)35-28(32-23)27(26(33-35)22-12-9-10-13-25(22)37-8-3)31-24-15-14-21(18-19(24)4)34(7-2)17-11-16-30/h9-10,12-15,18H,6-8,11,17H2,1-5H3.